The Morgan fingerprint density at radius 3 is 2.45 bits per heavy atom. The van der Waals surface area contributed by atoms with Gasteiger partial charge in [0.15, 0.2) is 11.6 Å². The molecule has 2 atom stereocenters. The molecular weight excluding hydrogens is 424 g/mol. The molecule has 2 N–H and O–H groups in total. The lowest BCUT2D eigenvalue weighted by Crippen LogP contribution is -2.51. The summed E-state index contributed by atoms with van der Waals surface area (Å²) in [6, 6.07) is 8.78. The molecule has 164 valence electrons. The molecule has 2 aliphatic rings. The van der Waals surface area contributed by atoms with E-state index in [2.05, 4.69) is 0 Å². The number of piperazine rings is 1. The summed E-state index contributed by atoms with van der Waals surface area (Å²) < 4.78 is 27.2. The summed E-state index contributed by atoms with van der Waals surface area (Å²) in [6.07, 6.45) is 1.43. The summed E-state index contributed by atoms with van der Waals surface area (Å²) in [5, 5.41) is 0.504. The van der Waals surface area contributed by atoms with Crippen LogP contribution >= 0.6 is 11.6 Å². The van der Waals surface area contributed by atoms with Gasteiger partial charge < -0.3 is 15.5 Å². The lowest BCUT2D eigenvalue weighted by atomic mass is 9.91. The lowest BCUT2D eigenvalue weighted by Gasteiger charge is -2.35. The summed E-state index contributed by atoms with van der Waals surface area (Å²) in [5.74, 6) is -2.10. The predicted molar refractivity (Wildman–Crippen MR) is 114 cm³/mol. The van der Waals surface area contributed by atoms with Gasteiger partial charge >= 0.3 is 0 Å². The molecule has 0 spiro atoms. The minimum Gasteiger partial charge on any atom is -0.339 e. The van der Waals surface area contributed by atoms with Crippen LogP contribution in [0, 0.1) is 11.6 Å². The van der Waals surface area contributed by atoms with Gasteiger partial charge in [-0.1, -0.05) is 17.7 Å². The fourth-order valence-electron chi connectivity index (χ4n) is 4.51. The highest BCUT2D eigenvalue weighted by Crippen LogP contribution is 2.37. The van der Waals surface area contributed by atoms with E-state index in [0.29, 0.717) is 55.2 Å². The van der Waals surface area contributed by atoms with E-state index in [1.807, 2.05) is 0 Å². The molecule has 4 rings (SSSR count). The normalized spacial score (nSPS) is 19.3. The van der Waals surface area contributed by atoms with Crippen LogP contribution in [0.25, 0.3) is 0 Å². The Hall–Kier alpha value is -2.51. The monoisotopic (exact) mass is 447 g/mol. The molecule has 5 nitrogen and oxygen atoms in total. The number of carbonyl (C=O) groups excluding carboxylic acids is 2. The van der Waals surface area contributed by atoms with Crippen LogP contribution in [0.1, 0.15) is 40.2 Å². The van der Waals surface area contributed by atoms with E-state index in [1.54, 1.807) is 34.1 Å². The van der Waals surface area contributed by atoms with Gasteiger partial charge in [-0.2, -0.15) is 0 Å². The quantitative estimate of drug-likeness (QED) is 0.781. The van der Waals surface area contributed by atoms with Crippen molar-refractivity contribution in [2.45, 2.75) is 31.2 Å². The number of nitrogens with zero attached hydrogens (tertiary/aromatic N) is 2. The number of halogens is 3. The summed E-state index contributed by atoms with van der Waals surface area (Å²) in [4.78, 5) is 28.8. The van der Waals surface area contributed by atoms with E-state index >= 15 is 0 Å². The average molecular weight is 448 g/mol. The van der Waals surface area contributed by atoms with Crippen LogP contribution in [0.3, 0.4) is 0 Å². The van der Waals surface area contributed by atoms with Gasteiger partial charge in [-0.3, -0.25) is 9.59 Å². The molecule has 1 saturated heterocycles. The Morgan fingerprint density at radius 1 is 1.06 bits per heavy atom. The smallest absolute Gasteiger partial charge is 0.254 e. The summed E-state index contributed by atoms with van der Waals surface area (Å²) in [6.45, 7) is 1.73. The maximum absolute atomic E-state index is 13.7. The summed E-state index contributed by atoms with van der Waals surface area (Å²) in [7, 11) is 0. The van der Waals surface area contributed by atoms with Crippen molar-refractivity contribution in [1.29, 1.82) is 0 Å². The molecule has 2 unspecified atom stereocenters. The Morgan fingerprint density at radius 2 is 1.74 bits per heavy atom. The molecule has 2 aromatic rings. The van der Waals surface area contributed by atoms with E-state index in [0.717, 1.165) is 5.56 Å². The predicted octanol–water partition coefficient (Wildman–Crippen LogP) is 3.35. The number of nitrogens with two attached hydrogens (primary N) is 1. The molecule has 0 radical (unpaired) electrons. The third kappa shape index (κ3) is 4.57. The van der Waals surface area contributed by atoms with Gasteiger partial charge in [-0.05, 0) is 54.3 Å². The van der Waals surface area contributed by atoms with Crippen LogP contribution in [0.2, 0.25) is 5.02 Å². The van der Waals surface area contributed by atoms with Gasteiger partial charge in [-0.15, -0.1) is 0 Å². The zero-order valence-corrected chi connectivity index (χ0v) is 17.7. The minimum absolute atomic E-state index is 0.0848. The van der Waals surface area contributed by atoms with Crippen molar-refractivity contribution in [3.8, 4) is 0 Å². The van der Waals surface area contributed by atoms with E-state index < -0.39 is 17.7 Å². The SMILES string of the molecule is NC(CC(=O)N1CCN(C(=O)c2cccc(Cl)c2)CC1)C1CCc2cc(F)c(F)cc21. The van der Waals surface area contributed by atoms with Crippen LogP contribution in [0.5, 0.6) is 0 Å². The zero-order chi connectivity index (χ0) is 22.1. The van der Waals surface area contributed by atoms with Crippen LogP contribution in [-0.4, -0.2) is 53.8 Å². The molecule has 0 bridgehead atoms. The van der Waals surface area contributed by atoms with Crippen molar-refractivity contribution in [2.24, 2.45) is 5.73 Å². The van der Waals surface area contributed by atoms with E-state index in [1.165, 1.54) is 12.1 Å². The van der Waals surface area contributed by atoms with Crippen LogP contribution < -0.4 is 5.73 Å². The Labute approximate surface area is 184 Å². The Bertz CT molecular complexity index is 1010. The standard InChI is InChI=1S/C23H24ClF2N3O2/c24-16-3-1-2-15(10-16)23(31)29-8-6-28(7-9-29)22(30)13-21(27)17-5-4-14-11-19(25)20(26)12-18(14)17/h1-3,10-12,17,21H,4-9,13,27H2. The first-order valence-corrected chi connectivity index (χ1v) is 10.8. The summed E-state index contributed by atoms with van der Waals surface area (Å²) in [5.41, 5.74) is 8.31. The van der Waals surface area contributed by atoms with Crippen molar-refractivity contribution < 1.29 is 18.4 Å². The van der Waals surface area contributed by atoms with Gasteiger partial charge in [0.1, 0.15) is 0 Å². The lowest BCUT2D eigenvalue weighted by molar-refractivity contribution is -0.133. The summed E-state index contributed by atoms with van der Waals surface area (Å²) >= 11 is 5.97. The van der Waals surface area contributed by atoms with E-state index in [4.69, 9.17) is 17.3 Å². The highest BCUT2D eigenvalue weighted by Gasteiger charge is 2.32. The van der Waals surface area contributed by atoms with Crippen LogP contribution in [0.15, 0.2) is 36.4 Å². The topological polar surface area (TPSA) is 66.6 Å². The van der Waals surface area contributed by atoms with Crippen molar-refractivity contribution in [3.05, 3.63) is 69.7 Å². The van der Waals surface area contributed by atoms with E-state index in [9.17, 15) is 18.4 Å². The fourth-order valence-corrected chi connectivity index (χ4v) is 4.70. The third-order valence-electron chi connectivity index (χ3n) is 6.22. The minimum atomic E-state index is -0.885. The second-order valence-corrected chi connectivity index (χ2v) is 8.60. The van der Waals surface area contributed by atoms with Crippen molar-refractivity contribution in [2.75, 3.05) is 26.2 Å². The van der Waals surface area contributed by atoms with Gasteiger partial charge in [0.25, 0.3) is 5.91 Å². The van der Waals surface area contributed by atoms with E-state index in [-0.39, 0.29) is 24.2 Å². The molecular formula is C23H24ClF2N3O2. The molecule has 31 heavy (non-hydrogen) atoms. The number of amides is 2. The fraction of sp³-hybridized carbons (Fsp3) is 0.391. The molecule has 8 heteroatoms. The first-order valence-electron chi connectivity index (χ1n) is 10.4. The molecule has 1 fully saturated rings. The van der Waals surface area contributed by atoms with Crippen molar-refractivity contribution >= 4 is 23.4 Å². The second kappa shape index (κ2) is 8.93. The second-order valence-electron chi connectivity index (χ2n) is 8.16. The Kier molecular flexibility index (Phi) is 6.25. The molecule has 1 heterocycles. The van der Waals surface area contributed by atoms with Crippen molar-refractivity contribution in [3.63, 3.8) is 0 Å². The maximum Gasteiger partial charge on any atom is 0.254 e. The number of fused-ring (bicyclic) bond motifs is 1. The maximum atomic E-state index is 13.7. The first kappa shape index (κ1) is 21.7. The molecule has 1 aliphatic heterocycles. The van der Waals surface area contributed by atoms with Crippen LogP contribution in [0.4, 0.5) is 8.78 Å². The molecule has 1 aliphatic carbocycles. The average Bonchev–Trinajstić information content (AvgIpc) is 3.16. The molecule has 0 saturated carbocycles. The number of benzene rings is 2. The number of aryl methyl sites for hydroxylation is 1. The zero-order valence-electron chi connectivity index (χ0n) is 17.0. The van der Waals surface area contributed by atoms with Gasteiger partial charge in [0, 0.05) is 55.1 Å². The molecule has 2 aromatic carbocycles. The number of rotatable bonds is 4. The Balaban J connectivity index is 1.33. The largest absolute Gasteiger partial charge is 0.339 e. The first-order chi connectivity index (χ1) is 14.8. The highest BCUT2D eigenvalue weighted by molar-refractivity contribution is 6.30. The highest BCUT2D eigenvalue weighted by atomic mass is 35.5. The number of carbonyl (C=O) groups is 2. The number of hydrogen-bond donors (Lipinski definition) is 1. The van der Waals surface area contributed by atoms with Gasteiger partial charge in [-0.25, -0.2) is 8.78 Å². The molecule has 0 aromatic heterocycles. The number of hydrogen-bond acceptors (Lipinski definition) is 3. The van der Waals surface area contributed by atoms with Gasteiger partial charge in [0.05, 0.1) is 0 Å². The molecule has 2 amide bonds. The van der Waals surface area contributed by atoms with Crippen molar-refractivity contribution in [1.82, 2.24) is 9.80 Å². The van der Waals surface area contributed by atoms with Crippen LogP contribution in [-0.2, 0) is 11.2 Å². The third-order valence-corrected chi connectivity index (χ3v) is 6.46. The van der Waals surface area contributed by atoms with Gasteiger partial charge in [0.2, 0.25) is 5.91 Å².